The minimum Gasteiger partial charge on any atom is -0.341 e. The molecule has 2 rings (SSSR count). The lowest BCUT2D eigenvalue weighted by Crippen LogP contribution is -2.31. The lowest BCUT2D eigenvalue weighted by atomic mass is 10.4. The molecule has 0 aliphatic carbocycles. The van der Waals surface area contributed by atoms with Gasteiger partial charge in [0.25, 0.3) is 0 Å². The maximum Gasteiger partial charge on any atom is 0.244 e. The smallest absolute Gasteiger partial charge is 0.244 e. The number of nitrogens with zero attached hydrogens (tertiary/aromatic N) is 3. The Morgan fingerprint density at radius 2 is 2.21 bits per heavy atom. The summed E-state index contributed by atoms with van der Waals surface area (Å²) in [5, 5.41) is 4.11. The molecule has 4 nitrogen and oxygen atoms in total. The van der Waals surface area contributed by atoms with Crippen molar-refractivity contribution in [1.82, 2.24) is 14.7 Å². The minimum atomic E-state index is 0.165. The Morgan fingerprint density at radius 1 is 1.50 bits per heavy atom. The van der Waals surface area contributed by atoms with Gasteiger partial charge in [-0.1, -0.05) is 0 Å². The molecule has 1 aromatic rings. The molecule has 1 aliphatic heterocycles. The van der Waals surface area contributed by atoms with Crippen molar-refractivity contribution >= 4 is 21.8 Å². The van der Waals surface area contributed by atoms with Crippen LogP contribution in [-0.2, 0) is 11.3 Å². The number of carbonyl (C=O) groups is 1. The summed E-state index contributed by atoms with van der Waals surface area (Å²) >= 11 is 3.25. The van der Waals surface area contributed by atoms with Gasteiger partial charge in [-0.3, -0.25) is 9.48 Å². The van der Waals surface area contributed by atoms with Crippen molar-refractivity contribution in [3.8, 4) is 0 Å². The van der Waals surface area contributed by atoms with Gasteiger partial charge in [-0.25, -0.2) is 0 Å². The topological polar surface area (TPSA) is 38.1 Å². The SMILES string of the molecule is O=C(Cn1ccc(Br)n1)N1CCCC1. The van der Waals surface area contributed by atoms with Crippen LogP contribution in [0.25, 0.3) is 0 Å². The average molecular weight is 258 g/mol. The van der Waals surface area contributed by atoms with Crippen LogP contribution >= 0.6 is 15.9 Å². The van der Waals surface area contributed by atoms with Gasteiger partial charge in [0, 0.05) is 19.3 Å². The molecule has 1 fully saturated rings. The molecule has 1 amide bonds. The van der Waals surface area contributed by atoms with E-state index in [1.54, 1.807) is 10.9 Å². The van der Waals surface area contributed by atoms with Crippen molar-refractivity contribution in [2.45, 2.75) is 19.4 Å². The van der Waals surface area contributed by atoms with Crippen LogP contribution in [0.1, 0.15) is 12.8 Å². The molecule has 1 aliphatic rings. The van der Waals surface area contributed by atoms with E-state index in [4.69, 9.17) is 0 Å². The molecular formula is C9H12BrN3O. The Labute approximate surface area is 91.0 Å². The first-order valence-electron chi connectivity index (χ1n) is 4.72. The van der Waals surface area contributed by atoms with E-state index in [0.717, 1.165) is 30.5 Å². The van der Waals surface area contributed by atoms with Gasteiger partial charge in [-0.15, -0.1) is 0 Å². The average Bonchev–Trinajstić information content (AvgIpc) is 2.75. The standard InChI is InChI=1S/C9H12BrN3O/c10-8-3-6-13(11-8)7-9(14)12-4-1-2-5-12/h3,6H,1-2,4-5,7H2. The van der Waals surface area contributed by atoms with Crippen molar-refractivity contribution in [3.63, 3.8) is 0 Å². The molecule has 0 atom stereocenters. The fourth-order valence-corrected chi connectivity index (χ4v) is 1.95. The molecule has 0 N–H and O–H groups in total. The van der Waals surface area contributed by atoms with Crippen molar-refractivity contribution in [1.29, 1.82) is 0 Å². The van der Waals surface area contributed by atoms with Crippen molar-refractivity contribution in [2.75, 3.05) is 13.1 Å². The quantitative estimate of drug-likeness (QED) is 0.801. The van der Waals surface area contributed by atoms with Gasteiger partial charge in [-0.05, 0) is 34.8 Å². The van der Waals surface area contributed by atoms with E-state index in [1.807, 2.05) is 11.0 Å². The monoisotopic (exact) mass is 257 g/mol. The Bertz CT molecular complexity index is 331. The highest BCUT2D eigenvalue weighted by atomic mass is 79.9. The summed E-state index contributed by atoms with van der Waals surface area (Å²) in [6, 6.07) is 1.83. The lowest BCUT2D eigenvalue weighted by molar-refractivity contribution is -0.130. The second-order valence-corrected chi connectivity index (χ2v) is 4.24. The Morgan fingerprint density at radius 3 is 2.79 bits per heavy atom. The third-order valence-electron chi connectivity index (χ3n) is 2.36. The van der Waals surface area contributed by atoms with Gasteiger partial charge < -0.3 is 4.90 Å². The van der Waals surface area contributed by atoms with Crippen LogP contribution in [0.4, 0.5) is 0 Å². The summed E-state index contributed by atoms with van der Waals surface area (Å²) in [6.07, 6.45) is 4.07. The summed E-state index contributed by atoms with van der Waals surface area (Å²) in [4.78, 5) is 13.6. The maximum absolute atomic E-state index is 11.7. The fraction of sp³-hybridized carbons (Fsp3) is 0.556. The summed E-state index contributed by atoms with van der Waals surface area (Å²) < 4.78 is 2.43. The van der Waals surface area contributed by atoms with Gasteiger partial charge >= 0.3 is 0 Å². The molecular weight excluding hydrogens is 246 g/mol. The number of likely N-dealkylation sites (tertiary alicyclic amines) is 1. The zero-order chi connectivity index (χ0) is 9.97. The molecule has 0 unspecified atom stereocenters. The Kier molecular flexibility index (Phi) is 2.86. The second-order valence-electron chi connectivity index (χ2n) is 3.42. The molecule has 2 heterocycles. The van der Waals surface area contributed by atoms with E-state index in [9.17, 15) is 4.79 Å². The van der Waals surface area contributed by atoms with E-state index in [1.165, 1.54) is 0 Å². The molecule has 0 aromatic carbocycles. The fourth-order valence-electron chi connectivity index (χ4n) is 1.63. The number of rotatable bonds is 2. The predicted molar refractivity (Wildman–Crippen MR) is 55.7 cm³/mol. The lowest BCUT2D eigenvalue weighted by Gasteiger charge is -2.14. The van der Waals surface area contributed by atoms with Crippen LogP contribution < -0.4 is 0 Å². The molecule has 0 saturated carbocycles. The maximum atomic E-state index is 11.7. The minimum absolute atomic E-state index is 0.165. The Hall–Kier alpha value is -0.840. The van der Waals surface area contributed by atoms with Gasteiger partial charge in [0.15, 0.2) is 0 Å². The molecule has 0 bridgehead atoms. The first kappa shape index (κ1) is 9.71. The van der Waals surface area contributed by atoms with Gasteiger partial charge in [0.1, 0.15) is 11.1 Å². The number of amides is 1. The molecule has 14 heavy (non-hydrogen) atoms. The molecule has 1 saturated heterocycles. The molecule has 0 spiro atoms. The summed E-state index contributed by atoms with van der Waals surface area (Å²) in [6.45, 7) is 2.16. The zero-order valence-electron chi connectivity index (χ0n) is 7.82. The predicted octanol–water partition coefficient (Wildman–Crippen LogP) is 1.27. The van der Waals surface area contributed by atoms with Gasteiger partial charge in [0.05, 0.1) is 0 Å². The van der Waals surface area contributed by atoms with E-state index >= 15 is 0 Å². The van der Waals surface area contributed by atoms with Gasteiger partial charge in [0.2, 0.25) is 5.91 Å². The number of halogens is 1. The third-order valence-corrected chi connectivity index (χ3v) is 2.79. The van der Waals surface area contributed by atoms with Crippen molar-refractivity contribution < 1.29 is 4.79 Å². The van der Waals surface area contributed by atoms with Crippen molar-refractivity contribution in [2.24, 2.45) is 0 Å². The molecule has 1 aromatic heterocycles. The largest absolute Gasteiger partial charge is 0.341 e. The van der Waals surface area contributed by atoms with E-state index < -0.39 is 0 Å². The number of carbonyl (C=O) groups excluding carboxylic acids is 1. The van der Waals surface area contributed by atoms with Crippen LogP contribution in [0.2, 0.25) is 0 Å². The summed E-state index contributed by atoms with van der Waals surface area (Å²) in [5.74, 6) is 0.165. The first-order valence-corrected chi connectivity index (χ1v) is 5.52. The highest BCUT2D eigenvalue weighted by molar-refractivity contribution is 9.10. The summed E-state index contributed by atoms with van der Waals surface area (Å²) in [7, 11) is 0. The van der Waals surface area contributed by atoms with Crippen LogP contribution in [0, 0.1) is 0 Å². The highest BCUT2D eigenvalue weighted by Gasteiger charge is 2.17. The van der Waals surface area contributed by atoms with Crippen LogP contribution in [0.3, 0.4) is 0 Å². The first-order chi connectivity index (χ1) is 6.75. The highest BCUT2D eigenvalue weighted by Crippen LogP contribution is 2.09. The van der Waals surface area contributed by atoms with Crippen LogP contribution in [-0.4, -0.2) is 33.7 Å². The summed E-state index contributed by atoms with van der Waals surface area (Å²) in [5.41, 5.74) is 0. The second kappa shape index (κ2) is 4.13. The number of hydrogen-bond donors (Lipinski definition) is 0. The number of hydrogen-bond acceptors (Lipinski definition) is 2. The van der Waals surface area contributed by atoms with E-state index in [2.05, 4.69) is 21.0 Å². The van der Waals surface area contributed by atoms with Crippen LogP contribution in [0.5, 0.6) is 0 Å². The molecule has 0 radical (unpaired) electrons. The van der Waals surface area contributed by atoms with E-state index in [0.29, 0.717) is 6.54 Å². The third kappa shape index (κ3) is 2.15. The molecule has 5 heteroatoms. The normalized spacial score (nSPS) is 16.2. The number of aromatic nitrogens is 2. The zero-order valence-corrected chi connectivity index (χ0v) is 9.40. The van der Waals surface area contributed by atoms with Gasteiger partial charge in [-0.2, -0.15) is 5.10 Å². The molecule has 76 valence electrons. The van der Waals surface area contributed by atoms with E-state index in [-0.39, 0.29) is 5.91 Å². The van der Waals surface area contributed by atoms with Crippen molar-refractivity contribution in [3.05, 3.63) is 16.9 Å². The van der Waals surface area contributed by atoms with Crippen LogP contribution in [0.15, 0.2) is 16.9 Å². The Balaban J connectivity index is 1.93.